The van der Waals surface area contributed by atoms with Crippen LogP contribution in [0.3, 0.4) is 0 Å². The molecule has 0 atom stereocenters. The van der Waals surface area contributed by atoms with Crippen LogP contribution in [0.1, 0.15) is 5.56 Å². The van der Waals surface area contributed by atoms with E-state index in [1.54, 1.807) is 19.2 Å². The first kappa shape index (κ1) is 15.1. The molecular formula is C12H15BrFNO3. The van der Waals surface area contributed by atoms with Crippen LogP contribution in [0.2, 0.25) is 0 Å². The van der Waals surface area contributed by atoms with Gasteiger partial charge in [-0.1, -0.05) is 22.0 Å². The van der Waals surface area contributed by atoms with Crippen molar-refractivity contribution in [2.45, 2.75) is 6.54 Å². The molecule has 0 unspecified atom stereocenters. The highest BCUT2D eigenvalue weighted by Crippen LogP contribution is 2.14. The van der Waals surface area contributed by atoms with Crippen LogP contribution in [0.25, 0.3) is 0 Å². The molecule has 0 saturated carbocycles. The quantitative estimate of drug-likeness (QED) is 0.780. The summed E-state index contributed by atoms with van der Waals surface area (Å²) in [5, 5.41) is 2.58. The van der Waals surface area contributed by atoms with Crippen LogP contribution < -0.4 is 5.32 Å². The first-order valence-electron chi connectivity index (χ1n) is 5.41. The standard InChI is InChI=1S/C12H15BrFNO3/c1-17-4-5-18-8-12(16)15-7-9-2-3-10(13)6-11(9)14/h2-3,6H,4-5,7-8H2,1H3,(H,15,16). The minimum Gasteiger partial charge on any atom is -0.382 e. The molecule has 1 aromatic rings. The fraction of sp³-hybridized carbons (Fsp3) is 0.417. The SMILES string of the molecule is COCCOCC(=O)NCc1ccc(Br)cc1F. The van der Waals surface area contributed by atoms with Gasteiger partial charge in [0.15, 0.2) is 0 Å². The van der Waals surface area contributed by atoms with Gasteiger partial charge in [-0.3, -0.25) is 4.79 Å². The molecule has 0 radical (unpaired) electrons. The average Bonchev–Trinajstić information content (AvgIpc) is 2.33. The number of nitrogens with one attached hydrogen (secondary N) is 1. The molecule has 1 N–H and O–H groups in total. The van der Waals surface area contributed by atoms with Crippen molar-refractivity contribution in [3.8, 4) is 0 Å². The highest BCUT2D eigenvalue weighted by molar-refractivity contribution is 9.10. The van der Waals surface area contributed by atoms with Gasteiger partial charge in [0.2, 0.25) is 5.91 Å². The fourth-order valence-electron chi connectivity index (χ4n) is 1.22. The molecule has 4 nitrogen and oxygen atoms in total. The number of rotatable bonds is 7. The number of carbonyl (C=O) groups excluding carboxylic acids is 1. The van der Waals surface area contributed by atoms with Gasteiger partial charge in [0, 0.05) is 23.7 Å². The van der Waals surface area contributed by atoms with Crippen molar-refractivity contribution in [1.82, 2.24) is 5.32 Å². The van der Waals surface area contributed by atoms with Crippen molar-refractivity contribution >= 4 is 21.8 Å². The fourth-order valence-corrected chi connectivity index (χ4v) is 1.55. The highest BCUT2D eigenvalue weighted by atomic mass is 79.9. The summed E-state index contributed by atoms with van der Waals surface area (Å²) in [6.45, 7) is 0.887. The highest BCUT2D eigenvalue weighted by Gasteiger charge is 2.05. The number of methoxy groups -OCH3 is 1. The molecular weight excluding hydrogens is 305 g/mol. The average molecular weight is 320 g/mol. The van der Waals surface area contributed by atoms with Gasteiger partial charge in [-0.2, -0.15) is 0 Å². The molecule has 1 rings (SSSR count). The number of carbonyl (C=O) groups is 1. The maximum atomic E-state index is 13.4. The van der Waals surface area contributed by atoms with Gasteiger partial charge in [0.25, 0.3) is 0 Å². The van der Waals surface area contributed by atoms with Crippen molar-refractivity contribution in [1.29, 1.82) is 0 Å². The van der Waals surface area contributed by atoms with E-state index in [1.807, 2.05) is 0 Å². The maximum absolute atomic E-state index is 13.4. The van der Waals surface area contributed by atoms with E-state index >= 15 is 0 Å². The van der Waals surface area contributed by atoms with E-state index in [9.17, 15) is 9.18 Å². The number of halogens is 2. The Morgan fingerprint density at radius 1 is 1.44 bits per heavy atom. The number of amides is 1. The normalized spacial score (nSPS) is 10.4. The van der Waals surface area contributed by atoms with Gasteiger partial charge in [0.05, 0.1) is 13.2 Å². The van der Waals surface area contributed by atoms with E-state index in [0.717, 1.165) is 0 Å². The van der Waals surface area contributed by atoms with Crippen molar-refractivity contribution in [2.75, 3.05) is 26.9 Å². The largest absolute Gasteiger partial charge is 0.382 e. The van der Waals surface area contributed by atoms with E-state index in [2.05, 4.69) is 21.2 Å². The minimum atomic E-state index is -0.357. The number of ether oxygens (including phenoxy) is 2. The van der Waals surface area contributed by atoms with Crippen LogP contribution in [0, 0.1) is 5.82 Å². The Hall–Kier alpha value is -0.980. The van der Waals surface area contributed by atoms with Crippen LogP contribution in [-0.2, 0) is 20.8 Å². The molecule has 0 aliphatic carbocycles. The number of benzene rings is 1. The summed E-state index contributed by atoms with van der Waals surface area (Å²) < 4.78 is 23.9. The Kier molecular flexibility index (Phi) is 6.85. The van der Waals surface area contributed by atoms with E-state index < -0.39 is 0 Å². The second-order valence-corrected chi connectivity index (χ2v) is 4.47. The zero-order chi connectivity index (χ0) is 13.4. The summed E-state index contributed by atoms with van der Waals surface area (Å²) in [5.41, 5.74) is 0.434. The zero-order valence-electron chi connectivity index (χ0n) is 10.0. The second-order valence-electron chi connectivity index (χ2n) is 3.56. The van der Waals surface area contributed by atoms with Crippen molar-refractivity contribution < 1.29 is 18.7 Å². The third-order valence-electron chi connectivity index (χ3n) is 2.16. The van der Waals surface area contributed by atoms with E-state index in [-0.39, 0.29) is 24.9 Å². The Morgan fingerprint density at radius 2 is 2.22 bits per heavy atom. The summed E-state index contributed by atoms with van der Waals surface area (Å²) in [4.78, 5) is 11.3. The first-order valence-corrected chi connectivity index (χ1v) is 6.20. The van der Waals surface area contributed by atoms with Gasteiger partial charge in [-0.15, -0.1) is 0 Å². The van der Waals surface area contributed by atoms with Gasteiger partial charge in [-0.05, 0) is 12.1 Å². The zero-order valence-corrected chi connectivity index (χ0v) is 11.6. The molecule has 0 saturated heterocycles. The van der Waals surface area contributed by atoms with Crippen molar-refractivity contribution in [3.63, 3.8) is 0 Å². The lowest BCUT2D eigenvalue weighted by Gasteiger charge is -2.07. The summed E-state index contributed by atoms with van der Waals surface area (Å²) in [7, 11) is 1.56. The van der Waals surface area contributed by atoms with E-state index in [0.29, 0.717) is 23.2 Å². The Bertz CT molecular complexity index is 401. The third-order valence-corrected chi connectivity index (χ3v) is 2.65. The maximum Gasteiger partial charge on any atom is 0.246 e. The second kappa shape index (κ2) is 8.18. The van der Waals surface area contributed by atoms with E-state index in [1.165, 1.54) is 6.07 Å². The molecule has 1 amide bonds. The van der Waals surface area contributed by atoms with Gasteiger partial charge >= 0.3 is 0 Å². The van der Waals surface area contributed by atoms with Crippen LogP contribution in [0.15, 0.2) is 22.7 Å². The number of hydrogen-bond donors (Lipinski definition) is 1. The lowest BCUT2D eigenvalue weighted by Crippen LogP contribution is -2.28. The van der Waals surface area contributed by atoms with Crippen molar-refractivity contribution in [3.05, 3.63) is 34.1 Å². The Labute approximate surface area is 114 Å². The van der Waals surface area contributed by atoms with Crippen molar-refractivity contribution in [2.24, 2.45) is 0 Å². The molecule has 0 bridgehead atoms. The van der Waals surface area contributed by atoms with Crippen LogP contribution in [-0.4, -0.2) is 32.8 Å². The Balaban J connectivity index is 2.29. The molecule has 100 valence electrons. The lowest BCUT2D eigenvalue weighted by atomic mass is 10.2. The van der Waals surface area contributed by atoms with Gasteiger partial charge in [-0.25, -0.2) is 4.39 Å². The van der Waals surface area contributed by atoms with E-state index in [4.69, 9.17) is 9.47 Å². The van der Waals surface area contributed by atoms with Crippen LogP contribution >= 0.6 is 15.9 Å². The topological polar surface area (TPSA) is 47.6 Å². The predicted molar refractivity (Wildman–Crippen MR) is 68.6 cm³/mol. The summed E-state index contributed by atoms with van der Waals surface area (Å²) in [6, 6.07) is 4.70. The molecule has 1 aromatic carbocycles. The molecule has 0 fully saturated rings. The summed E-state index contributed by atoms with van der Waals surface area (Å²) >= 11 is 3.17. The summed E-state index contributed by atoms with van der Waals surface area (Å²) in [5.74, 6) is -0.640. The molecule has 0 aliphatic heterocycles. The monoisotopic (exact) mass is 319 g/mol. The molecule has 18 heavy (non-hydrogen) atoms. The molecule has 0 aromatic heterocycles. The summed E-state index contributed by atoms with van der Waals surface area (Å²) in [6.07, 6.45) is 0. The first-order chi connectivity index (χ1) is 8.63. The van der Waals surface area contributed by atoms with Crippen LogP contribution in [0.5, 0.6) is 0 Å². The van der Waals surface area contributed by atoms with Crippen LogP contribution in [0.4, 0.5) is 4.39 Å². The predicted octanol–water partition coefficient (Wildman–Crippen LogP) is 1.87. The lowest BCUT2D eigenvalue weighted by molar-refractivity contribution is -0.126. The number of hydrogen-bond acceptors (Lipinski definition) is 3. The third kappa shape index (κ3) is 5.57. The molecule has 6 heteroatoms. The smallest absolute Gasteiger partial charge is 0.246 e. The minimum absolute atomic E-state index is 0.0541. The van der Waals surface area contributed by atoms with Gasteiger partial charge in [0.1, 0.15) is 12.4 Å². The molecule has 0 spiro atoms. The Morgan fingerprint density at radius 3 is 2.89 bits per heavy atom. The molecule has 0 aliphatic rings. The molecule has 0 heterocycles. The van der Waals surface area contributed by atoms with Gasteiger partial charge < -0.3 is 14.8 Å².